The summed E-state index contributed by atoms with van der Waals surface area (Å²) in [4.78, 5) is 12.2. The molecule has 6 heteroatoms. The molecule has 3 rings (SSSR count). The second kappa shape index (κ2) is 5.09. The first-order chi connectivity index (χ1) is 9.55. The minimum atomic E-state index is -3.03. The van der Waals surface area contributed by atoms with E-state index in [1.807, 2.05) is 24.3 Å². The lowest BCUT2D eigenvalue weighted by Gasteiger charge is -2.27. The lowest BCUT2D eigenvalue weighted by Crippen LogP contribution is -2.36. The van der Waals surface area contributed by atoms with Gasteiger partial charge in [0.2, 0.25) is 5.91 Å². The van der Waals surface area contributed by atoms with E-state index in [1.165, 1.54) is 0 Å². The van der Waals surface area contributed by atoms with Crippen molar-refractivity contribution < 1.29 is 17.9 Å². The molecule has 108 valence electrons. The van der Waals surface area contributed by atoms with Gasteiger partial charge < -0.3 is 10.1 Å². The topological polar surface area (TPSA) is 72.5 Å². The Hall–Kier alpha value is -1.56. The van der Waals surface area contributed by atoms with Gasteiger partial charge in [0.05, 0.1) is 30.1 Å². The van der Waals surface area contributed by atoms with E-state index < -0.39 is 15.8 Å². The van der Waals surface area contributed by atoms with Gasteiger partial charge in [-0.05, 0) is 12.5 Å². The Morgan fingerprint density at radius 3 is 2.80 bits per heavy atom. The third-order valence-corrected chi connectivity index (χ3v) is 5.65. The van der Waals surface area contributed by atoms with Crippen LogP contribution in [0.5, 0.6) is 5.75 Å². The fourth-order valence-corrected chi connectivity index (χ4v) is 4.52. The molecule has 0 radical (unpaired) electrons. The lowest BCUT2D eigenvalue weighted by molar-refractivity contribution is -0.125. The van der Waals surface area contributed by atoms with Crippen molar-refractivity contribution in [3.05, 3.63) is 29.8 Å². The number of para-hydroxylation sites is 1. The summed E-state index contributed by atoms with van der Waals surface area (Å²) in [5, 5.41) is 2.97. The Morgan fingerprint density at radius 1 is 1.25 bits per heavy atom. The molecule has 1 amide bonds. The quantitative estimate of drug-likeness (QED) is 0.885. The van der Waals surface area contributed by atoms with Crippen LogP contribution in [-0.2, 0) is 14.6 Å². The van der Waals surface area contributed by atoms with Gasteiger partial charge in [-0.3, -0.25) is 4.79 Å². The molecular formula is C14H17NO4S. The number of carbonyl (C=O) groups excluding carboxylic acids is 1. The summed E-state index contributed by atoms with van der Waals surface area (Å²) in [6.45, 7) is 0.560. The Morgan fingerprint density at radius 2 is 2.05 bits per heavy atom. The summed E-state index contributed by atoms with van der Waals surface area (Å²) in [6, 6.07) is 7.54. The number of hydrogen-bond donors (Lipinski definition) is 1. The molecule has 2 heterocycles. The average molecular weight is 295 g/mol. The molecule has 1 saturated heterocycles. The molecule has 0 aromatic heterocycles. The van der Waals surface area contributed by atoms with Crippen molar-refractivity contribution in [2.45, 2.75) is 18.9 Å². The highest BCUT2D eigenvalue weighted by Gasteiger charge is 2.34. The van der Waals surface area contributed by atoms with E-state index in [1.54, 1.807) is 0 Å². The molecule has 2 aliphatic heterocycles. The van der Waals surface area contributed by atoms with E-state index in [0.717, 1.165) is 11.3 Å². The van der Waals surface area contributed by atoms with Gasteiger partial charge in [0.25, 0.3) is 0 Å². The summed E-state index contributed by atoms with van der Waals surface area (Å²) in [5.74, 6) is 0.324. The molecule has 1 aromatic rings. The Bertz CT molecular complexity index is 626. The minimum Gasteiger partial charge on any atom is -0.493 e. The molecule has 0 bridgehead atoms. The molecule has 0 saturated carbocycles. The van der Waals surface area contributed by atoms with Crippen molar-refractivity contribution in [3.63, 3.8) is 0 Å². The van der Waals surface area contributed by atoms with Crippen molar-refractivity contribution in [2.75, 3.05) is 18.1 Å². The third kappa shape index (κ3) is 2.65. The third-order valence-electron chi connectivity index (χ3n) is 3.88. The summed E-state index contributed by atoms with van der Waals surface area (Å²) < 4.78 is 28.4. The molecular weight excluding hydrogens is 278 g/mol. The highest BCUT2D eigenvalue weighted by atomic mass is 32.2. The maximum atomic E-state index is 12.2. The van der Waals surface area contributed by atoms with Crippen LogP contribution in [0.4, 0.5) is 0 Å². The number of ether oxygens (including phenoxy) is 1. The summed E-state index contributed by atoms with van der Waals surface area (Å²) in [7, 11) is -3.03. The maximum Gasteiger partial charge on any atom is 0.224 e. The molecule has 1 N–H and O–H groups in total. The van der Waals surface area contributed by atoms with Crippen molar-refractivity contribution in [2.24, 2.45) is 5.92 Å². The molecule has 0 spiro atoms. The van der Waals surface area contributed by atoms with Crippen molar-refractivity contribution in [1.82, 2.24) is 5.32 Å². The van der Waals surface area contributed by atoms with Gasteiger partial charge in [-0.2, -0.15) is 0 Å². The first-order valence-corrected chi connectivity index (χ1v) is 8.60. The van der Waals surface area contributed by atoms with Crippen LogP contribution in [0, 0.1) is 5.92 Å². The fraction of sp³-hybridized carbons (Fsp3) is 0.500. The Balaban J connectivity index is 1.72. The highest BCUT2D eigenvalue weighted by Crippen LogP contribution is 2.32. The lowest BCUT2D eigenvalue weighted by atomic mass is 9.99. The van der Waals surface area contributed by atoms with E-state index in [2.05, 4.69) is 5.32 Å². The van der Waals surface area contributed by atoms with Crippen LogP contribution in [0.15, 0.2) is 24.3 Å². The van der Waals surface area contributed by atoms with E-state index in [0.29, 0.717) is 19.4 Å². The molecule has 1 aromatic carbocycles. The predicted molar refractivity (Wildman–Crippen MR) is 74.2 cm³/mol. The van der Waals surface area contributed by atoms with Crippen LogP contribution in [0.2, 0.25) is 0 Å². The van der Waals surface area contributed by atoms with Crippen molar-refractivity contribution >= 4 is 15.7 Å². The van der Waals surface area contributed by atoms with Crippen LogP contribution < -0.4 is 10.1 Å². The number of carbonyl (C=O) groups is 1. The van der Waals surface area contributed by atoms with E-state index >= 15 is 0 Å². The number of amides is 1. The minimum absolute atomic E-state index is 0.0241. The second-order valence-electron chi connectivity index (χ2n) is 5.34. The average Bonchev–Trinajstić information content (AvgIpc) is 2.80. The highest BCUT2D eigenvalue weighted by molar-refractivity contribution is 7.91. The van der Waals surface area contributed by atoms with Crippen molar-refractivity contribution in [1.29, 1.82) is 0 Å². The second-order valence-corrected chi connectivity index (χ2v) is 7.56. The van der Waals surface area contributed by atoms with E-state index in [9.17, 15) is 13.2 Å². The number of nitrogens with one attached hydrogen (secondary N) is 1. The molecule has 5 nitrogen and oxygen atoms in total. The van der Waals surface area contributed by atoms with Crippen LogP contribution in [0.1, 0.15) is 24.4 Å². The first-order valence-electron chi connectivity index (χ1n) is 6.78. The summed E-state index contributed by atoms with van der Waals surface area (Å²) >= 11 is 0. The normalized spacial score (nSPS) is 27.4. The molecule has 1 fully saturated rings. The van der Waals surface area contributed by atoms with Gasteiger partial charge in [-0.1, -0.05) is 18.2 Å². The van der Waals surface area contributed by atoms with Crippen LogP contribution >= 0.6 is 0 Å². The zero-order valence-electron chi connectivity index (χ0n) is 11.0. The fourth-order valence-electron chi connectivity index (χ4n) is 2.78. The number of benzene rings is 1. The van der Waals surface area contributed by atoms with Crippen molar-refractivity contribution in [3.8, 4) is 5.75 Å². The number of fused-ring (bicyclic) bond motifs is 1. The summed E-state index contributed by atoms with van der Waals surface area (Å²) in [5.41, 5.74) is 0.966. The van der Waals surface area contributed by atoms with Crippen LogP contribution in [-0.4, -0.2) is 32.4 Å². The molecule has 20 heavy (non-hydrogen) atoms. The number of rotatable bonds is 2. The smallest absolute Gasteiger partial charge is 0.224 e. The monoisotopic (exact) mass is 295 g/mol. The van der Waals surface area contributed by atoms with Gasteiger partial charge >= 0.3 is 0 Å². The van der Waals surface area contributed by atoms with E-state index in [4.69, 9.17) is 4.74 Å². The SMILES string of the molecule is O=C(NC1CCOc2ccccc21)C1CCS(=O)(=O)C1. The van der Waals surface area contributed by atoms with Gasteiger partial charge in [0, 0.05) is 12.0 Å². The number of hydrogen-bond acceptors (Lipinski definition) is 4. The molecule has 2 unspecified atom stereocenters. The maximum absolute atomic E-state index is 12.2. The predicted octanol–water partition coefficient (Wildman–Crippen LogP) is 1.06. The largest absolute Gasteiger partial charge is 0.493 e. The zero-order chi connectivity index (χ0) is 14.2. The van der Waals surface area contributed by atoms with Gasteiger partial charge in [-0.25, -0.2) is 8.42 Å². The van der Waals surface area contributed by atoms with E-state index in [-0.39, 0.29) is 23.5 Å². The Labute approximate surface area is 118 Å². The van der Waals surface area contributed by atoms with Gasteiger partial charge in [0.1, 0.15) is 5.75 Å². The van der Waals surface area contributed by atoms with Crippen LogP contribution in [0.25, 0.3) is 0 Å². The molecule has 2 aliphatic rings. The van der Waals surface area contributed by atoms with Gasteiger partial charge in [0.15, 0.2) is 9.84 Å². The summed E-state index contributed by atoms with van der Waals surface area (Å²) in [6.07, 6.45) is 1.14. The zero-order valence-corrected chi connectivity index (χ0v) is 11.9. The Kier molecular flexibility index (Phi) is 3.41. The standard InChI is InChI=1S/C14H17NO4S/c16-14(10-6-8-20(17,18)9-10)15-12-5-7-19-13-4-2-1-3-11(12)13/h1-4,10,12H,5-9H2,(H,15,16). The van der Waals surface area contributed by atoms with Crippen LogP contribution in [0.3, 0.4) is 0 Å². The molecule has 0 aliphatic carbocycles. The first kappa shape index (κ1) is 13.4. The molecule has 2 atom stereocenters. The number of sulfone groups is 1. The van der Waals surface area contributed by atoms with Gasteiger partial charge in [-0.15, -0.1) is 0 Å².